The third-order valence-corrected chi connectivity index (χ3v) is 2.79. The van der Waals surface area contributed by atoms with Crippen molar-refractivity contribution in [3.8, 4) is 0 Å². The van der Waals surface area contributed by atoms with E-state index in [1.165, 1.54) is 16.8 Å². The van der Waals surface area contributed by atoms with Crippen molar-refractivity contribution < 1.29 is 4.42 Å². The summed E-state index contributed by atoms with van der Waals surface area (Å²) in [6, 6.07) is 10.0. The van der Waals surface area contributed by atoms with Crippen LogP contribution in [0.25, 0.3) is 0 Å². The topological polar surface area (TPSA) is 37.5 Å². The molecule has 94 valence electrons. The standard InChI is InChI=1S/C15H18N2O/c1-12-5-3-6-13(2)15(12)17-9-8-16-11-14-7-4-10-18-14/h3-7,10-11,17H,8-9H2,1-2H3. The summed E-state index contributed by atoms with van der Waals surface area (Å²) in [6.45, 7) is 5.78. The van der Waals surface area contributed by atoms with Gasteiger partial charge in [-0.05, 0) is 37.1 Å². The molecule has 1 aromatic heterocycles. The van der Waals surface area contributed by atoms with E-state index in [2.05, 4.69) is 42.4 Å². The summed E-state index contributed by atoms with van der Waals surface area (Å²) in [5.74, 6) is 0.794. The molecule has 0 amide bonds. The van der Waals surface area contributed by atoms with Crippen molar-refractivity contribution in [1.82, 2.24) is 0 Å². The van der Waals surface area contributed by atoms with E-state index >= 15 is 0 Å². The number of nitrogens with one attached hydrogen (secondary N) is 1. The highest BCUT2D eigenvalue weighted by molar-refractivity contribution is 5.75. The molecule has 0 spiro atoms. The van der Waals surface area contributed by atoms with Crippen LogP contribution in [0, 0.1) is 13.8 Å². The molecule has 1 N–H and O–H groups in total. The van der Waals surface area contributed by atoms with Crippen LogP contribution in [0.1, 0.15) is 16.9 Å². The molecule has 0 unspecified atom stereocenters. The van der Waals surface area contributed by atoms with Crippen LogP contribution in [0.2, 0.25) is 0 Å². The molecule has 0 saturated carbocycles. The number of rotatable bonds is 5. The highest BCUT2D eigenvalue weighted by atomic mass is 16.3. The summed E-state index contributed by atoms with van der Waals surface area (Å²) in [5.41, 5.74) is 3.75. The van der Waals surface area contributed by atoms with Gasteiger partial charge in [-0.15, -0.1) is 0 Å². The Kier molecular flexibility index (Phi) is 4.18. The molecule has 0 saturated heterocycles. The van der Waals surface area contributed by atoms with E-state index in [0.717, 1.165) is 18.8 Å². The molecule has 0 bridgehead atoms. The van der Waals surface area contributed by atoms with Gasteiger partial charge >= 0.3 is 0 Å². The first-order valence-corrected chi connectivity index (χ1v) is 6.11. The molecule has 1 heterocycles. The molecule has 2 rings (SSSR count). The quantitative estimate of drug-likeness (QED) is 0.644. The van der Waals surface area contributed by atoms with Crippen molar-refractivity contribution in [2.45, 2.75) is 13.8 Å². The first-order chi connectivity index (χ1) is 8.77. The monoisotopic (exact) mass is 242 g/mol. The molecular formula is C15H18N2O. The number of hydrogen-bond acceptors (Lipinski definition) is 3. The molecule has 0 aliphatic heterocycles. The molecule has 3 nitrogen and oxygen atoms in total. The zero-order valence-corrected chi connectivity index (χ0v) is 10.8. The lowest BCUT2D eigenvalue weighted by Crippen LogP contribution is -2.07. The Morgan fingerprint density at radius 2 is 1.94 bits per heavy atom. The Morgan fingerprint density at radius 3 is 2.61 bits per heavy atom. The zero-order valence-electron chi connectivity index (χ0n) is 10.8. The summed E-state index contributed by atoms with van der Waals surface area (Å²) in [5, 5.41) is 3.42. The van der Waals surface area contributed by atoms with E-state index in [1.54, 1.807) is 12.5 Å². The number of aliphatic imine (C=N–C) groups is 1. The van der Waals surface area contributed by atoms with Crippen LogP contribution in [0.5, 0.6) is 0 Å². The van der Waals surface area contributed by atoms with Gasteiger partial charge in [0.15, 0.2) is 0 Å². The molecule has 3 heteroatoms. The van der Waals surface area contributed by atoms with Gasteiger partial charge in [-0.3, -0.25) is 4.99 Å². The lowest BCUT2D eigenvalue weighted by molar-refractivity contribution is 0.560. The first-order valence-electron chi connectivity index (χ1n) is 6.11. The van der Waals surface area contributed by atoms with Crippen LogP contribution < -0.4 is 5.32 Å². The van der Waals surface area contributed by atoms with Crippen LogP contribution in [0.4, 0.5) is 5.69 Å². The van der Waals surface area contributed by atoms with Crippen molar-refractivity contribution in [3.63, 3.8) is 0 Å². The van der Waals surface area contributed by atoms with E-state index in [-0.39, 0.29) is 0 Å². The fourth-order valence-corrected chi connectivity index (χ4v) is 1.86. The number of nitrogens with zero attached hydrogens (tertiary/aromatic N) is 1. The van der Waals surface area contributed by atoms with Gasteiger partial charge in [-0.2, -0.15) is 0 Å². The minimum absolute atomic E-state index is 0.731. The lowest BCUT2D eigenvalue weighted by atomic mass is 10.1. The maximum absolute atomic E-state index is 5.17. The van der Waals surface area contributed by atoms with E-state index in [4.69, 9.17) is 4.42 Å². The SMILES string of the molecule is Cc1cccc(C)c1NCCN=Cc1ccco1. The second-order valence-electron chi connectivity index (χ2n) is 4.24. The van der Waals surface area contributed by atoms with E-state index in [9.17, 15) is 0 Å². The number of para-hydroxylation sites is 1. The number of aryl methyl sites for hydroxylation is 2. The van der Waals surface area contributed by atoms with Crippen LogP contribution in [0.15, 0.2) is 46.0 Å². The molecule has 0 aliphatic rings. The van der Waals surface area contributed by atoms with Crippen molar-refractivity contribution in [3.05, 3.63) is 53.5 Å². The highest BCUT2D eigenvalue weighted by Crippen LogP contribution is 2.18. The largest absolute Gasteiger partial charge is 0.463 e. The Bertz CT molecular complexity index is 495. The predicted molar refractivity (Wildman–Crippen MR) is 75.6 cm³/mol. The highest BCUT2D eigenvalue weighted by Gasteiger charge is 1.99. The number of hydrogen-bond donors (Lipinski definition) is 1. The molecule has 18 heavy (non-hydrogen) atoms. The summed E-state index contributed by atoms with van der Waals surface area (Å²) < 4.78 is 5.17. The Balaban J connectivity index is 1.82. The third kappa shape index (κ3) is 3.23. The van der Waals surface area contributed by atoms with Crippen LogP contribution in [0.3, 0.4) is 0 Å². The van der Waals surface area contributed by atoms with Gasteiger partial charge in [0.25, 0.3) is 0 Å². The van der Waals surface area contributed by atoms with Crippen molar-refractivity contribution >= 4 is 11.9 Å². The Morgan fingerprint density at radius 1 is 1.17 bits per heavy atom. The van der Waals surface area contributed by atoms with E-state index in [1.807, 2.05) is 12.1 Å². The maximum atomic E-state index is 5.17. The lowest BCUT2D eigenvalue weighted by Gasteiger charge is -2.11. The van der Waals surface area contributed by atoms with Gasteiger partial charge in [0.2, 0.25) is 0 Å². The van der Waals surface area contributed by atoms with Crippen LogP contribution in [-0.4, -0.2) is 19.3 Å². The maximum Gasteiger partial charge on any atom is 0.144 e. The zero-order chi connectivity index (χ0) is 12.8. The third-order valence-electron chi connectivity index (χ3n) is 2.79. The minimum atomic E-state index is 0.731. The van der Waals surface area contributed by atoms with Gasteiger partial charge in [-0.25, -0.2) is 0 Å². The smallest absolute Gasteiger partial charge is 0.144 e. The summed E-state index contributed by atoms with van der Waals surface area (Å²) >= 11 is 0. The molecule has 0 radical (unpaired) electrons. The summed E-state index contributed by atoms with van der Waals surface area (Å²) in [4.78, 5) is 4.31. The van der Waals surface area contributed by atoms with E-state index < -0.39 is 0 Å². The predicted octanol–water partition coefficient (Wildman–Crippen LogP) is 3.43. The van der Waals surface area contributed by atoms with Crippen molar-refractivity contribution in [1.29, 1.82) is 0 Å². The molecule has 2 aromatic rings. The fraction of sp³-hybridized carbons (Fsp3) is 0.267. The minimum Gasteiger partial charge on any atom is -0.463 e. The molecule has 0 atom stereocenters. The van der Waals surface area contributed by atoms with Gasteiger partial charge in [-0.1, -0.05) is 18.2 Å². The average molecular weight is 242 g/mol. The Labute approximate surface area is 108 Å². The van der Waals surface area contributed by atoms with Gasteiger partial charge in [0, 0.05) is 12.2 Å². The second-order valence-corrected chi connectivity index (χ2v) is 4.24. The molecule has 1 aromatic carbocycles. The number of benzene rings is 1. The normalized spacial score (nSPS) is 11.0. The van der Waals surface area contributed by atoms with Gasteiger partial charge < -0.3 is 9.73 Å². The summed E-state index contributed by atoms with van der Waals surface area (Å²) in [6.07, 6.45) is 3.41. The molecular weight excluding hydrogens is 224 g/mol. The Hall–Kier alpha value is -2.03. The van der Waals surface area contributed by atoms with Crippen molar-refractivity contribution in [2.24, 2.45) is 4.99 Å². The van der Waals surface area contributed by atoms with Crippen LogP contribution in [-0.2, 0) is 0 Å². The number of furan rings is 1. The first kappa shape index (κ1) is 12.4. The molecule has 0 fully saturated rings. The van der Waals surface area contributed by atoms with E-state index in [0.29, 0.717) is 0 Å². The van der Waals surface area contributed by atoms with Crippen LogP contribution >= 0.6 is 0 Å². The molecule has 0 aliphatic carbocycles. The van der Waals surface area contributed by atoms with Gasteiger partial charge in [0.05, 0.1) is 19.0 Å². The van der Waals surface area contributed by atoms with Gasteiger partial charge in [0.1, 0.15) is 5.76 Å². The van der Waals surface area contributed by atoms with Crippen molar-refractivity contribution in [2.75, 3.05) is 18.4 Å². The number of anilines is 1. The summed E-state index contributed by atoms with van der Waals surface area (Å²) in [7, 11) is 0. The fourth-order valence-electron chi connectivity index (χ4n) is 1.86. The second kappa shape index (κ2) is 6.05. The average Bonchev–Trinajstić information content (AvgIpc) is 2.85.